The lowest BCUT2D eigenvalue weighted by atomic mass is 10.1. The highest BCUT2D eigenvalue weighted by atomic mass is 79.9. The van der Waals surface area contributed by atoms with Gasteiger partial charge >= 0.3 is 0 Å². The van der Waals surface area contributed by atoms with Crippen molar-refractivity contribution in [1.29, 1.82) is 0 Å². The first kappa shape index (κ1) is 18.6. The van der Waals surface area contributed by atoms with Crippen LogP contribution >= 0.6 is 15.9 Å². The minimum Gasteiger partial charge on any atom is -0.451 e. The molecule has 2 aromatic carbocycles. The number of carbonyl (C=O) groups excluding carboxylic acids is 1. The van der Waals surface area contributed by atoms with Crippen molar-refractivity contribution >= 4 is 48.5 Å². The van der Waals surface area contributed by atoms with Crippen molar-refractivity contribution in [3.05, 3.63) is 58.3 Å². The standard InChI is InChI=1S/C18H17BrN2O4S/c1-11-15-10-12(19)4-9-16(15)25-17(11)18(22)20-13-5-7-14(8-6-13)26(23,24)21(2)3/h4-10H,1-3H3,(H,20,22). The molecule has 0 atom stereocenters. The molecule has 6 nitrogen and oxygen atoms in total. The zero-order valence-electron chi connectivity index (χ0n) is 14.4. The maximum absolute atomic E-state index is 12.5. The molecule has 1 heterocycles. The monoisotopic (exact) mass is 436 g/mol. The Balaban J connectivity index is 1.86. The Bertz CT molecular complexity index is 1090. The third-order valence-corrected chi connectivity index (χ3v) is 6.32. The first-order valence-electron chi connectivity index (χ1n) is 7.73. The number of benzene rings is 2. The van der Waals surface area contributed by atoms with Crippen LogP contribution in [0, 0.1) is 6.92 Å². The summed E-state index contributed by atoms with van der Waals surface area (Å²) in [4.78, 5) is 12.7. The average molecular weight is 437 g/mol. The lowest BCUT2D eigenvalue weighted by molar-refractivity contribution is 0.0998. The molecule has 0 bridgehead atoms. The second-order valence-corrected chi connectivity index (χ2v) is 9.03. The van der Waals surface area contributed by atoms with E-state index in [4.69, 9.17) is 4.42 Å². The highest BCUT2D eigenvalue weighted by molar-refractivity contribution is 9.10. The zero-order chi connectivity index (χ0) is 19.1. The number of aryl methyl sites for hydroxylation is 1. The van der Waals surface area contributed by atoms with E-state index in [0.717, 1.165) is 19.7 Å². The van der Waals surface area contributed by atoms with Crippen LogP contribution in [0.5, 0.6) is 0 Å². The fraction of sp³-hybridized carbons (Fsp3) is 0.167. The highest BCUT2D eigenvalue weighted by Gasteiger charge is 2.19. The van der Waals surface area contributed by atoms with Gasteiger partial charge in [0.25, 0.3) is 5.91 Å². The molecule has 0 radical (unpaired) electrons. The van der Waals surface area contributed by atoms with Crippen molar-refractivity contribution in [2.75, 3.05) is 19.4 Å². The second kappa shape index (κ2) is 6.86. The largest absolute Gasteiger partial charge is 0.451 e. The van der Waals surface area contributed by atoms with E-state index in [1.54, 1.807) is 18.2 Å². The van der Waals surface area contributed by atoms with Crippen LogP contribution in [0.4, 0.5) is 5.69 Å². The third-order valence-electron chi connectivity index (χ3n) is 4.00. The summed E-state index contributed by atoms with van der Waals surface area (Å²) in [5.74, 6) is -0.166. The van der Waals surface area contributed by atoms with E-state index < -0.39 is 15.9 Å². The van der Waals surface area contributed by atoms with Crippen molar-refractivity contribution in [2.45, 2.75) is 11.8 Å². The number of carbonyl (C=O) groups is 1. The Hall–Kier alpha value is -2.16. The molecule has 0 spiro atoms. The van der Waals surface area contributed by atoms with Gasteiger partial charge in [0.2, 0.25) is 10.0 Å². The number of rotatable bonds is 4. The Kier molecular flexibility index (Phi) is 4.92. The van der Waals surface area contributed by atoms with E-state index in [1.165, 1.54) is 26.2 Å². The van der Waals surface area contributed by atoms with E-state index in [9.17, 15) is 13.2 Å². The number of hydrogen-bond donors (Lipinski definition) is 1. The Labute approximate surface area is 160 Å². The predicted octanol–water partition coefficient (Wildman–Crippen LogP) is 4.01. The molecule has 3 rings (SSSR count). The van der Waals surface area contributed by atoms with Gasteiger partial charge in [-0.3, -0.25) is 4.79 Å². The van der Waals surface area contributed by atoms with Gasteiger partial charge in [0, 0.05) is 35.2 Å². The number of sulfonamides is 1. The number of amides is 1. The fourth-order valence-corrected chi connectivity index (χ4v) is 3.78. The van der Waals surface area contributed by atoms with E-state index in [1.807, 2.05) is 19.1 Å². The van der Waals surface area contributed by atoms with Crippen molar-refractivity contribution in [3.63, 3.8) is 0 Å². The average Bonchev–Trinajstić information content (AvgIpc) is 2.92. The lowest BCUT2D eigenvalue weighted by Crippen LogP contribution is -2.22. The summed E-state index contributed by atoms with van der Waals surface area (Å²) in [5, 5.41) is 3.59. The normalized spacial score (nSPS) is 11.9. The van der Waals surface area contributed by atoms with Gasteiger partial charge in [-0.25, -0.2) is 12.7 Å². The Morgan fingerprint density at radius 2 is 1.77 bits per heavy atom. The van der Waals surface area contributed by atoms with E-state index in [-0.39, 0.29) is 10.7 Å². The SMILES string of the molecule is Cc1c(C(=O)Nc2ccc(S(=O)(=O)N(C)C)cc2)oc2ccc(Br)cc12. The molecule has 0 aliphatic heterocycles. The summed E-state index contributed by atoms with van der Waals surface area (Å²) < 4.78 is 31.9. The number of fused-ring (bicyclic) bond motifs is 1. The van der Waals surface area contributed by atoms with Gasteiger partial charge in [-0.2, -0.15) is 0 Å². The lowest BCUT2D eigenvalue weighted by Gasteiger charge is -2.11. The van der Waals surface area contributed by atoms with Crippen molar-refractivity contribution in [3.8, 4) is 0 Å². The molecule has 8 heteroatoms. The molecule has 1 N–H and O–H groups in total. The van der Waals surface area contributed by atoms with Crippen LogP contribution in [-0.4, -0.2) is 32.7 Å². The first-order valence-corrected chi connectivity index (χ1v) is 9.96. The summed E-state index contributed by atoms with van der Waals surface area (Å²) in [5.41, 5.74) is 1.85. The molecular formula is C18H17BrN2O4S. The second-order valence-electron chi connectivity index (χ2n) is 5.96. The van der Waals surface area contributed by atoms with Crippen LogP contribution in [-0.2, 0) is 10.0 Å². The number of hydrogen-bond acceptors (Lipinski definition) is 4. The summed E-state index contributed by atoms with van der Waals surface area (Å²) >= 11 is 3.40. The quantitative estimate of drug-likeness (QED) is 0.669. The smallest absolute Gasteiger partial charge is 0.291 e. The van der Waals surface area contributed by atoms with Crippen LogP contribution in [0.15, 0.2) is 56.2 Å². The number of furan rings is 1. The van der Waals surface area contributed by atoms with Crippen molar-refractivity contribution in [2.24, 2.45) is 0 Å². The van der Waals surface area contributed by atoms with Gasteiger partial charge in [0.05, 0.1) is 4.90 Å². The van der Waals surface area contributed by atoms with E-state index >= 15 is 0 Å². The minimum absolute atomic E-state index is 0.158. The molecule has 3 aromatic rings. The number of halogens is 1. The molecular weight excluding hydrogens is 420 g/mol. The van der Waals surface area contributed by atoms with Crippen LogP contribution in [0.25, 0.3) is 11.0 Å². The molecule has 1 aromatic heterocycles. The number of nitrogens with one attached hydrogen (secondary N) is 1. The number of nitrogens with zero attached hydrogens (tertiary/aromatic N) is 1. The zero-order valence-corrected chi connectivity index (χ0v) is 16.8. The summed E-state index contributed by atoms with van der Waals surface area (Å²) in [6, 6.07) is 11.5. The molecule has 136 valence electrons. The van der Waals surface area contributed by atoms with Gasteiger partial charge in [-0.15, -0.1) is 0 Å². The predicted molar refractivity (Wildman–Crippen MR) is 104 cm³/mol. The summed E-state index contributed by atoms with van der Waals surface area (Å²) in [6.07, 6.45) is 0. The van der Waals surface area contributed by atoms with Gasteiger partial charge in [0.15, 0.2) is 5.76 Å². The molecule has 0 aliphatic carbocycles. The molecule has 0 saturated carbocycles. The maximum Gasteiger partial charge on any atom is 0.291 e. The molecule has 26 heavy (non-hydrogen) atoms. The van der Waals surface area contributed by atoms with Gasteiger partial charge in [-0.1, -0.05) is 15.9 Å². The van der Waals surface area contributed by atoms with Crippen LogP contribution in [0.2, 0.25) is 0 Å². The van der Waals surface area contributed by atoms with Crippen LogP contribution in [0.1, 0.15) is 16.1 Å². The number of anilines is 1. The molecule has 0 unspecified atom stereocenters. The Morgan fingerprint density at radius 1 is 1.12 bits per heavy atom. The molecule has 0 saturated heterocycles. The third kappa shape index (κ3) is 3.40. The van der Waals surface area contributed by atoms with Crippen molar-refractivity contribution in [1.82, 2.24) is 4.31 Å². The maximum atomic E-state index is 12.5. The van der Waals surface area contributed by atoms with Gasteiger partial charge in [0.1, 0.15) is 5.58 Å². The molecule has 0 aliphatic rings. The van der Waals surface area contributed by atoms with Crippen LogP contribution < -0.4 is 5.32 Å². The van der Waals surface area contributed by atoms with Gasteiger partial charge in [-0.05, 0) is 49.4 Å². The summed E-state index contributed by atoms with van der Waals surface area (Å²) in [7, 11) is -0.573. The first-order chi connectivity index (χ1) is 12.2. The van der Waals surface area contributed by atoms with Crippen molar-refractivity contribution < 1.29 is 17.6 Å². The van der Waals surface area contributed by atoms with E-state index in [0.29, 0.717) is 11.3 Å². The van der Waals surface area contributed by atoms with E-state index in [2.05, 4.69) is 21.2 Å². The minimum atomic E-state index is -3.50. The highest BCUT2D eigenvalue weighted by Crippen LogP contribution is 2.28. The fourth-order valence-electron chi connectivity index (χ4n) is 2.52. The topological polar surface area (TPSA) is 79.6 Å². The van der Waals surface area contributed by atoms with Crippen LogP contribution in [0.3, 0.4) is 0 Å². The Morgan fingerprint density at radius 3 is 2.38 bits per heavy atom. The molecule has 1 amide bonds. The van der Waals surface area contributed by atoms with Gasteiger partial charge < -0.3 is 9.73 Å². The summed E-state index contributed by atoms with van der Waals surface area (Å²) in [6.45, 7) is 1.82. The molecule has 0 fully saturated rings.